The van der Waals surface area contributed by atoms with Gasteiger partial charge in [0.05, 0.1) is 18.1 Å². The summed E-state index contributed by atoms with van der Waals surface area (Å²) in [7, 11) is 0. The zero-order valence-corrected chi connectivity index (χ0v) is 17.4. The Morgan fingerprint density at radius 1 is 1.29 bits per heavy atom. The molecule has 1 unspecified atom stereocenters. The largest absolute Gasteiger partial charge is 0.466 e. The molecule has 1 atom stereocenters. The number of anilines is 1. The molecule has 1 aromatic heterocycles. The highest BCUT2D eigenvalue weighted by Crippen LogP contribution is 2.37. The van der Waals surface area contributed by atoms with E-state index in [1.165, 1.54) is 11.3 Å². The second kappa shape index (κ2) is 10.0. The van der Waals surface area contributed by atoms with Crippen molar-refractivity contribution in [1.29, 1.82) is 5.26 Å². The summed E-state index contributed by atoms with van der Waals surface area (Å²) in [5, 5.41) is 13.3. The first-order valence-electron chi connectivity index (χ1n) is 10.4. The predicted octanol–water partition coefficient (Wildman–Crippen LogP) is 3.49. The lowest BCUT2D eigenvalue weighted by Gasteiger charge is -2.31. The number of rotatable bonds is 6. The van der Waals surface area contributed by atoms with E-state index in [0.717, 1.165) is 50.6 Å². The van der Waals surface area contributed by atoms with Crippen molar-refractivity contribution in [2.24, 2.45) is 5.92 Å². The molecule has 152 valence electrons. The number of hydrogen-bond donors (Lipinski definition) is 1. The highest BCUT2D eigenvalue weighted by atomic mass is 32.1. The van der Waals surface area contributed by atoms with Gasteiger partial charge in [0.25, 0.3) is 0 Å². The lowest BCUT2D eigenvalue weighted by Crippen LogP contribution is -2.40. The molecule has 28 heavy (non-hydrogen) atoms. The van der Waals surface area contributed by atoms with E-state index in [0.29, 0.717) is 36.7 Å². The molecule has 1 aliphatic carbocycles. The van der Waals surface area contributed by atoms with E-state index in [9.17, 15) is 14.9 Å². The number of nitrogens with zero attached hydrogens (tertiary/aromatic N) is 2. The van der Waals surface area contributed by atoms with Gasteiger partial charge in [0, 0.05) is 24.4 Å². The average Bonchev–Trinajstić information content (AvgIpc) is 2.86. The van der Waals surface area contributed by atoms with Gasteiger partial charge in [-0.1, -0.05) is 6.42 Å². The van der Waals surface area contributed by atoms with Crippen LogP contribution >= 0.6 is 11.3 Å². The second-order valence-electron chi connectivity index (χ2n) is 7.57. The number of amides is 1. The molecule has 1 aromatic rings. The van der Waals surface area contributed by atoms with E-state index in [1.54, 1.807) is 11.3 Å². The fraction of sp³-hybridized carbons (Fsp3) is 0.667. The SMILES string of the molecule is CCOC(=O)C1CCCN(CCC(=O)Nc2sc3c(c2C#N)CCCCC3)C1. The van der Waals surface area contributed by atoms with Crippen molar-refractivity contribution in [3.8, 4) is 6.07 Å². The standard InChI is InChI=1S/C21H29N3O3S/c1-2-27-21(26)15-7-6-11-24(14-15)12-10-19(25)23-20-17(13-22)16-8-4-3-5-9-18(16)28-20/h15H,2-12,14H2,1H3,(H,23,25). The second-order valence-corrected chi connectivity index (χ2v) is 8.68. The third-order valence-corrected chi connectivity index (χ3v) is 6.77. The van der Waals surface area contributed by atoms with Crippen LogP contribution in [0.25, 0.3) is 0 Å². The molecule has 0 saturated carbocycles. The number of likely N-dealkylation sites (tertiary alicyclic amines) is 1. The van der Waals surface area contributed by atoms with Crippen LogP contribution in [-0.4, -0.2) is 43.0 Å². The maximum atomic E-state index is 12.5. The van der Waals surface area contributed by atoms with Crippen molar-refractivity contribution in [3.63, 3.8) is 0 Å². The lowest BCUT2D eigenvalue weighted by molar-refractivity contribution is -0.149. The van der Waals surface area contributed by atoms with Gasteiger partial charge in [-0.05, 0) is 57.6 Å². The minimum atomic E-state index is -0.129. The summed E-state index contributed by atoms with van der Waals surface area (Å²) in [6.45, 7) is 4.41. The molecule has 2 aliphatic rings. The van der Waals surface area contributed by atoms with Crippen LogP contribution in [0.15, 0.2) is 0 Å². The van der Waals surface area contributed by atoms with E-state index < -0.39 is 0 Å². The van der Waals surface area contributed by atoms with E-state index in [2.05, 4.69) is 16.3 Å². The van der Waals surface area contributed by atoms with E-state index in [-0.39, 0.29) is 17.8 Å². The molecule has 0 bridgehead atoms. The van der Waals surface area contributed by atoms with Crippen LogP contribution in [0, 0.1) is 17.2 Å². The first-order chi connectivity index (χ1) is 13.6. The summed E-state index contributed by atoms with van der Waals surface area (Å²) < 4.78 is 5.13. The molecule has 7 heteroatoms. The number of nitriles is 1. The first-order valence-corrected chi connectivity index (χ1v) is 11.2. The Morgan fingerprint density at radius 3 is 2.89 bits per heavy atom. The van der Waals surface area contributed by atoms with Crippen LogP contribution in [0.3, 0.4) is 0 Å². The van der Waals surface area contributed by atoms with Crippen LogP contribution < -0.4 is 5.32 Å². The van der Waals surface area contributed by atoms with Gasteiger partial charge in [0.1, 0.15) is 11.1 Å². The number of thiophene rings is 1. The van der Waals surface area contributed by atoms with E-state index >= 15 is 0 Å². The molecule has 0 aromatic carbocycles. The van der Waals surface area contributed by atoms with Crippen LogP contribution in [0.4, 0.5) is 5.00 Å². The van der Waals surface area contributed by atoms with Crippen molar-refractivity contribution in [2.45, 2.75) is 58.3 Å². The molecule has 6 nitrogen and oxygen atoms in total. The number of aryl methyl sites for hydroxylation is 1. The topological polar surface area (TPSA) is 82.4 Å². The number of carbonyl (C=O) groups is 2. The van der Waals surface area contributed by atoms with Gasteiger partial charge in [-0.2, -0.15) is 5.26 Å². The summed E-state index contributed by atoms with van der Waals surface area (Å²) in [5.41, 5.74) is 1.81. The van der Waals surface area contributed by atoms with Crippen molar-refractivity contribution in [1.82, 2.24) is 4.90 Å². The molecule has 1 N–H and O–H groups in total. The minimum Gasteiger partial charge on any atom is -0.466 e. The highest BCUT2D eigenvalue weighted by molar-refractivity contribution is 7.16. The average molecular weight is 404 g/mol. The number of carbonyl (C=O) groups excluding carboxylic acids is 2. The fourth-order valence-corrected chi connectivity index (χ4v) is 5.36. The van der Waals surface area contributed by atoms with Gasteiger partial charge in [-0.15, -0.1) is 11.3 Å². The van der Waals surface area contributed by atoms with Crippen LogP contribution in [0.5, 0.6) is 0 Å². The summed E-state index contributed by atoms with van der Waals surface area (Å²) in [6.07, 6.45) is 7.58. The van der Waals surface area contributed by atoms with Gasteiger partial charge in [-0.3, -0.25) is 9.59 Å². The number of esters is 1. The predicted molar refractivity (Wildman–Crippen MR) is 109 cm³/mol. The van der Waals surface area contributed by atoms with Crippen LogP contribution in [-0.2, 0) is 27.2 Å². The first kappa shape index (κ1) is 20.8. The molecule has 1 saturated heterocycles. The Bertz CT molecular complexity index is 753. The molecule has 3 rings (SSSR count). The summed E-state index contributed by atoms with van der Waals surface area (Å²) in [5.74, 6) is -0.281. The van der Waals surface area contributed by atoms with Gasteiger partial charge in [-0.25, -0.2) is 0 Å². The number of piperidine rings is 1. The molecular weight excluding hydrogens is 374 g/mol. The number of hydrogen-bond acceptors (Lipinski definition) is 6. The van der Waals surface area contributed by atoms with Crippen molar-refractivity contribution in [3.05, 3.63) is 16.0 Å². The monoisotopic (exact) mass is 403 g/mol. The Balaban J connectivity index is 1.53. The van der Waals surface area contributed by atoms with Gasteiger partial charge in [0.15, 0.2) is 0 Å². The molecular formula is C21H29N3O3S. The van der Waals surface area contributed by atoms with Crippen molar-refractivity contribution < 1.29 is 14.3 Å². The van der Waals surface area contributed by atoms with Crippen molar-refractivity contribution in [2.75, 3.05) is 31.6 Å². The van der Waals surface area contributed by atoms with Crippen LogP contribution in [0.2, 0.25) is 0 Å². The number of fused-ring (bicyclic) bond motifs is 1. The Morgan fingerprint density at radius 2 is 2.11 bits per heavy atom. The molecule has 0 spiro atoms. The molecule has 1 aliphatic heterocycles. The van der Waals surface area contributed by atoms with Gasteiger partial charge in [0.2, 0.25) is 5.91 Å². The lowest BCUT2D eigenvalue weighted by atomic mass is 9.98. The molecule has 2 heterocycles. The fourth-order valence-electron chi connectivity index (χ4n) is 4.11. The summed E-state index contributed by atoms with van der Waals surface area (Å²) in [4.78, 5) is 27.9. The third kappa shape index (κ3) is 5.12. The highest BCUT2D eigenvalue weighted by Gasteiger charge is 2.27. The molecule has 1 amide bonds. The number of nitrogens with one attached hydrogen (secondary N) is 1. The Labute approximate surface area is 170 Å². The summed E-state index contributed by atoms with van der Waals surface area (Å²) in [6, 6.07) is 2.31. The van der Waals surface area contributed by atoms with E-state index in [4.69, 9.17) is 4.74 Å². The van der Waals surface area contributed by atoms with Crippen LogP contribution in [0.1, 0.15) is 61.5 Å². The maximum absolute atomic E-state index is 12.5. The van der Waals surface area contributed by atoms with Gasteiger partial charge >= 0.3 is 5.97 Å². The molecule has 1 fully saturated rings. The Kier molecular flexibility index (Phi) is 7.46. The van der Waals surface area contributed by atoms with Gasteiger partial charge < -0.3 is 15.0 Å². The Hall–Kier alpha value is -1.91. The zero-order chi connectivity index (χ0) is 19.9. The zero-order valence-electron chi connectivity index (χ0n) is 16.6. The third-order valence-electron chi connectivity index (χ3n) is 5.57. The summed E-state index contributed by atoms with van der Waals surface area (Å²) >= 11 is 1.57. The maximum Gasteiger partial charge on any atom is 0.310 e. The molecule has 0 radical (unpaired) electrons. The quantitative estimate of drug-likeness (QED) is 0.581. The number of ether oxygens (including phenoxy) is 1. The smallest absolute Gasteiger partial charge is 0.310 e. The van der Waals surface area contributed by atoms with Crippen molar-refractivity contribution >= 4 is 28.2 Å². The van der Waals surface area contributed by atoms with E-state index in [1.807, 2.05) is 6.92 Å². The normalized spacial score (nSPS) is 19.9. The minimum absolute atomic E-state index is 0.0637.